The molecule has 2 aromatic heterocycles. The lowest BCUT2D eigenvalue weighted by Gasteiger charge is -2.04. The standard InChI is InChI=1S/C19H15N5O2S/c1-12(25)21-14-5-8-16-17(11-14)27-19(22-16)23-18(26)13-3-6-15(7-4-13)24-10-2-9-20-24/h2-11H,1H3,(H,21,25)(H,22,23,26). The molecule has 0 fully saturated rings. The van der Waals surface area contributed by atoms with Gasteiger partial charge < -0.3 is 5.32 Å². The molecule has 2 aromatic carbocycles. The monoisotopic (exact) mass is 377 g/mol. The maximum absolute atomic E-state index is 12.5. The highest BCUT2D eigenvalue weighted by atomic mass is 32.1. The number of benzene rings is 2. The Bertz CT molecular complexity index is 1120. The van der Waals surface area contributed by atoms with Gasteiger partial charge in [0.05, 0.1) is 15.9 Å². The number of nitrogens with zero attached hydrogens (tertiary/aromatic N) is 3. The van der Waals surface area contributed by atoms with Gasteiger partial charge in [-0.15, -0.1) is 0 Å². The van der Waals surface area contributed by atoms with Gasteiger partial charge in [0.1, 0.15) is 0 Å². The zero-order valence-corrected chi connectivity index (χ0v) is 15.2. The Hall–Kier alpha value is -3.52. The molecule has 134 valence electrons. The van der Waals surface area contributed by atoms with Gasteiger partial charge in [0.2, 0.25) is 5.91 Å². The van der Waals surface area contributed by atoms with Crippen LogP contribution in [0.15, 0.2) is 60.9 Å². The highest BCUT2D eigenvalue weighted by molar-refractivity contribution is 7.22. The van der Waals surface area contributed by atoms with Crippen molar-refractivity contribution in [2.24, 2.45) is 0 Å². The molecule has 0 atom stereocenters. The Balaban J connectivity index is 1.51. The number of thiazole rings is 1. The quantitative estimate of drug-likeness (QED) is 0.568. The molecule has 0 saturated heterocycles. The summed E-state index contributed by atoms with van der Waals surface area (Å²) in [5.74, 6) is -0.367. The van der Waals surface area contributed by atoms with Gasteiger partial charge in [-0.3, -0.25) is 14.9 Å². The summed E-state index contributed by atoms with van der Waals surface area (Å²) in [6.45, 7) is 1.46. The van der Waals surface area contributed by atoms with E-state index < -0.39 is 0 Å². The number of carbonyl (C=O) groups excluding carboxylic acids is 2. The van der Waals surface area contributed by atoms with Crippen LogP contribution in [0.4, 0.5) is 10.8 Å². The number of carbonyl (C=O) groups is 2. The largest absolute Gasteiger partial charge is 0.326 e. The van der Waals surface area contributed by atoms with Crippen molar-refractivity contribution in [1.29, 1.82) is 0 Å². The predicted octanol–water partition coefficient (Wildman–Crippen LogP) is 3.69. The Morgan fingerprint density at radius 2 is 1.89 bits per heavy atom. The molecule has 0 spiro atoms. The third-order valence-corrected chi connectivity index (χ3v) is 4.76. The average molecular weight is 377 g/mol. The Morgan fingerprint density at radius 3 is 2.59 bits per heavy atom. The van der Waals surface area contributed by atoms with Crippen molar-refractivity contribution in [1.82, 2.24) is 14.8 Å². The van der Waals surface area contributed by atoms with Crippen LogP contribution < -0.4 is 10.6 Å². The molecule has 27 heavy (non-hydrogen) atoms. The molecule has 0 aliphatic heterocycles. The van der Waals surface area contributed by atoms with E-state index in [2.05, 4.69) is 20.7 Å². The molecule has 4 rings (SSSR count). The highest BCUT2D eigenvalue weighted by Gasteiger charge is 2.11. The molecule has 2 N–H and O–H groups in total. The topological polar surface area (TPSA) is 88.9 Å². The molecule has 7 nitrogen and oxygen atoms in total. The van der Waals surface area contributed by atoms with Gasteiger partial charge in [0.15, 0.2) is 5.13 Å². The van der Waals surface area contributed by atoms with Crippen molar-refractivity contribution in [2.75, 3.05) is 10.6 Å². The number of rotatable bonds is 4. The zero-order valence-electron chi connectivity index (χ0n) is 14.3. The van der Waals surface area contributed by atoms with Crippen molar-refractivity contribution in [3.63, 3.8) is 0 Å². The van der Waals surface area contributed by atoms with Crippen LogP contribution in [-0.4, -0.2) is 26.6 Å². The first-order valence-electron chi connectivity index (χ1n) is 8.18. The van der Waals surface area contributed by atoms with Crippen LogP contribution >= 0.6 is 11.3 Å². The normalized spacial score (nSPS) is 10.7. The SMILES string of the molecule is CC(=O)Nc1ccc2nc(NC(=O)c3ccc(-n4cccn4)cc3)sc2c1. The average Bonchev–Trinajstić information content (AvgIpc) is 3.30. The van der Waals surface area contributed by atoms with Crippen LogP contribution in [0.1, 0.15) is 17.3 Å². The highest BCUT2D eigenvalue weighted by Crippen LogP contribution is 2.28. The van der Waals surface area contributed by atoms with Crippen molar-refractivity contribution in [3.05, 3.63) is 66.5 Å². The second kappa shape index (κ2) is 7.00. The Kier molecular flexibility index (Phi) is 4.39. The minimum atomic E-state index is -0.233. The van der Waals surface area contributed by atoms with E-state index in [1.54, 1.807) is 29.1 Å². The fourth-order valence-electron chi connectivity index (χ4n) is 2.62. The first kappa shape index (κ1) is 16.9. The summed E-state index contributed by atoms with van der Waals surface area (Å²) in [6.07, 6.45) is 3.54. The second-order valence-electron chi connectivity index (χ2n) is 5.83. The van der Waals surface area contributed by atoms with E-state index in [1.807, 2.05) is 36.5 Å². The lowest BCUT2D eigenvalue weighted by molar-refractivity contribution is -0.114. The number of amides is 2. The van der Waals surface area contributed by atoms with Crippen LogP contribution in [0.2, 0.25) is 0 Å². The Morgan fingerprint density at radius 1 is 1.07 bits per heavy atom. The molecule has 0 radical (unpaired) electrons. The van der Waals surface area contributed by atoms with Crippen LogP contribution in [0.5, 0.6) is 0 Å². The molecule has 0 saturated carbocycles. The maximum Gasteiger partial charge on any atom is 0.257 e. The molecule has 2 amide bonds. The smallest absolute Gasteiger partial charge is 0.257 e. The number of nitrogens with one attached hydrogen (secondary N) is 2. The lowest BCUT2D eigenvalue weighted by Crippen LogP contribution is -2.11. The van der Waals surface area contributed by atoms with Gasteiger partial charge in [-0.05, 0) is 48.5 Å². The number of hydrogen-bond acceptors (Lipinski definition) is 5. The van der Waals surface area contributed by atoms with Crippen LogP contribution in [0, 0.1) is 0 Å². The molecule has 0 unspecified atom stereocenters. The summed E-state index contributed by atoms with van der Waals surface area (Å²) in [5.41, 5.74) is 2.87. The Labute approximate surface area is 158 Å². The maximum atomic E-state index is 12.5. The molecule has 8 heteroatoms. The zero-order chi connectivity index (χ0) is 18.8. The van der Waals surface area contributed by atoms with Crippen molar-refractivity contribution < 1.29 is 9.59 Å². The van der Waals surface area contributed by atoms with Gasteiger partial charge in [-0.1, -0.05) is 11.3 Å². The van der Waals surface area contributed by atoms with E-state index in [9.17, 15) is 9.59 Å². The number of hydrogen-bond donors (Lipinski definition) is 2. The summed E-state index contributed by atoms with van der Waals surface area (Å²) in [6, 6.07) is 14.4. The number of aromatic nitrogens is 3. The van der Waals surface area contributed by atoms with E-state index in [1.165, 1.54) is 18.3 Å². The summed E-state index contributed by atoms with van der Waals surface area (Å²) < 4.78 is 2.60. The van der Waals surface area contributed by atoms with Gasteiger partial charge in [0.25, 0.3) is 5.91 Å². The van der Waals surface area contributed by atoms with Crippen molar-refractivity contribution in [2.45, 2.75) is 6.92 Å². The minimum absolute atomic E-state index is 0.133. The van der Waals surface area contributed by atoms with E-state index in [4.69, 9.17) is 0 Å². The van der Waals surface area contributed by atoms with Crippen molar-refractivity contribution >= 4 is 44.2 Å². The van der Waals surface area contributed by atoms with Crippen LogP contribution in [-0.2, 0) is 4.79 Å². The number of anilines is 2. The minimum Gasteiger partial charge on any atom is -0.326 e. The first-order chi connectivity index (χ1) is 13.1. The van der Waals surface area contributed by atoms with E-state index in [0.29, 0.717) is 16.4 Å². The summed E-state index contributed by atoms with van der Waals surface area (Å²) in [4.78, 5) is 28.1. The fourth-order valence-corrected chi connectivity index (χ4v) is 3.52. The van der Waals surface area contributed by atoms with E-state index in [-0.39, 0.29) is 11.8 Å². The second-order valence-corrected chi connectivity index (χ2v) is 6.86. The van der Waals surface area contributed by atoms with E-state index >= 15 is 0 Å². The van der Waals surface area contributed by atoms with Crippen LogP contribution in [0.3, 0.4) is 0 Å². The third-order valence-electron chi connectivity index (χ3n) is 3.83. The molecule has 0 aliphatic carbocycles. The first-order valence-corrected chi connectivity index (χ1v) is 9.00. The van der Waals surface area contributed by atoms with Gasteiger partial charge in [-0.25, -0.2) is 9.67 Å². The molecule has 2 heterocycles. The summed E-state index contributed by atoms with van der Waals surface area (Å²) in [7, 11) is 0. The lowest BCUT2D eigenvalue weighted by atomic mass is 10.2. The molecule has 0 bridgehead atoms. The van der Waals surface area contributed by atoms with Crippen molar-refractivity contribution in [3.8, 4) is 5.69 Å². The summed E-state index contributed by atoms with van der Waals surface area (Å²) >= 11 is 1.35. The summed E-state index contributed by atoms with van der Waals surface area (Å²) in [5, 5.41) is 10.2. The van der Waals surface area contributed by atoms with E-state index in [0.717, 1.165) is 15.9 Å². The molecular formula is C19H15N5O2S. The fraction of sp³-hybridized carbons (Fsp3) is 0.0526. The van der Waals surface area contributed by atoms with Gasteiger partial charge in [-0.2, -0.15) is 5.10 Å². The van der Waals surface area contributed by atoms with Crippen LogP contribution in [0.25, 0.3) is 15.9 Å². The molecular weight excluding hydrogens is 362 g/mol. The predicted molar refractivity (Wildman–Crippen MR) is 105 cm³/mol. The van der Waals surface area contributed by atoms with Gasteiger partial charge >= 0.3 is 0 Å². The molecule has 0 aliphatic rings. The molecule has 4 aromatic rings. The number of fused-ring (bicyclic) bond motifs is 1. The third kappa shape index (κ3) is 3.70. The van der Waals surface area contributed by atoms with Gasteiger partial charge in [0, 0.05) is 30.6 Å².